The lowest BCUT2D eigenvalue weighted by molar-refractivity contribution is -0.121. The summed E-state index contributed by atoms with van der Waals surface area (Å²) in [4.78, 5) is 11.8. The smallest absolute Gasteiger partial charge is 0.189 e. The van der Waals surface area contributed by atoms with E-state index in [0.29, 0.717) is 18.3 Å². The van der Waals surface area contributed by atoms with Crippen LogP contribution in [0.4, 0.5) is 4.39 Å². The molecular formula is C20H27FO2. The van der Waals surface area contributed by atoms with Crippen LogP contribution in [0.3, 0.4) is 0 Å². The van der Waals surface area contributed by atoms with Crippen LogP contribution in [0.15, 0.2) is 23.3 Å². The van der Waals surface area contributed by atoms with E-state index in [1.165, 1.54) is 5.57 Å². The van der Waals surface area contributed by atoms with Gasteiger partial charge in [-0.1, -0.05) is 31.1 Å². The number of alkyl halides is 1. The van der Waals surface area contributed by atoms with Crippen LogP contribution in [-0.2, 0) is 4.79 Å². The summed E-state index contributed by atoms with van der Waals surface area (Å²) < 4.78 is 14.2. The van der Waals surface area contributed by atoms with E-state index in [1.54, 1.807) is 6.08 Å². The number of halogens is 1. The number of rotatable bonds is 0. The van der Waals surface area contributed by atoms with E-state index in [4.69, 9.17) is 0 Å². The average Bonchev–Trinajstić information content (AvgIpc) is 2.71. The Labute approximate surface area is 137 Å². The van der Waals surface area contributed by atoms with E-state index in [-0.39, 0.29) is 16.6 Å². The maximum absolute atomic E-state index is 14.2. The Bertz CT molecular complexity index is 632. The van der Waals surface area contributed by atoms with Gasteiger partial charge in [-0.2, -0.15) is 0 Å². The lowest BCUT2D eigenvalue weighted by Crippen LogP contribution is -2.50. The molecule has 0 aliphatic heterocycles. The first-order valence-electron chi connectivity index (χ1n) is 9.01. The lowest BCUT2D eigenvalue weighted by atomic mass is 9.51. The van der Waals surface area contributed by atoms with Gasteiger partial charge in [0.1, 0.15) is 0 Å². The molecule has 0 saturated heterocycles. The highest BCUT2D eigenvalue weighted by Crippen LogP contribution is 2.65. The fourth-order valence-electron chi connectivity index (χ4n) is 6.11. The summed E-state index contributed by atoms with van der Waals surface area (Å²) in [5.41, 5.74) is 1.52. The summed E-state index contributed by atoms with van der Waals surface area (Å²) in [6.45, 7) is 6.35. The monoisotopic (exact) mass is 318 g/mol. The number of ketones is 1. The second-order valence-electron chi connectivity index (χ2n) is 8.92. The van der Waals surface area contributed by atoms with Crippen LogP contribution in [0.5, 0.6) is 0 Å². The third kappa shape index (κ3) is 1.86. The summed E-state index contributed by atoms with van der Waals surface area (Å²) in [5, 5.41) is 10.9. The Kier molecular flexibility index (Phi) is 3.09. The van der Waals surface area contributed by atoms with Crippen LogP contribution in [-0.4, -0.2) is 22.7 Å². The van der Waals surface area contributed by atoms with Crippen molar-refractivity contribution in [2.45, 2.75) is 71.1 Å². The molecule has 6 atom stereocenters. The second kappa shape index (κ2) is 4.56. The summed E-state index contributed by atoms with van der Waals surface area (Å²) in [5.74, 6) is 0.567. The molecule has 4 aliphatic carbocycles. The van der Waals surface area contributed by atoms with Gasteiger partial charge in [0, 0.05) is 10.8 Å². The average molecular weight is 318 g/mol. The highest BCUT2D eigenvalue weighted by molar-refractivity contribution is 5.95. The van der Waals surface area contributed by atoms with Crippen molar-refractivity contribution in [3.8, 4) is 0 Å². The molecule has 0 radical (unpaired) electrons. The van der Waals surface area contributed by atoms with Crippen molar-refractivity contribution in [3.05, 3.63) is 23.3 Å². The standard InChI is InChI=1S/C20H27FO2/c1-18-11-16(21)17(22)10-12(18)4-5-13-14(18)6-8-19(2)15(13)7-9-20(19,3)23/h6,10,13,15-16,23H,4-5,7-9,11H2,1-3H3/t13-,15+,16-,18+,19-,20+/m1/s1. The molecule has 1 N–H and O–H groups in total. The molecular weight excluding hydrogens is 291 g/mol. The summed E-state index contributed by atoms with van der Waals surface area (Å²) in [6, 6.07) is 0. The van der Waals surface area contributed by atoms with Gasteiger partial charge < -0.3 is 5.11 Å². The predicted octanol–water partition coefficient (Wildman–Crippen LogP) is 4.14. The number of aliphatic hydroxyl groups is 1. The van der Waals surface area contributed by atoms with Crippen LogP contribution in [0, 0.1) is 22.7 Å². The maximum atomic E-state index is 14.2. The van der Waals surface area contributed by atoms with E-state index in [1.807, 2.05) is 6.92 Å². The van der Waals surface area contributed by atoms with Crippen LogP contribution in [0.25, 0.3) is 0 Å². The van der Waals surface area contributed by atoms with Crippen molar-refractivity contribution in [3.63, 3.8) is 0 Å². The molecule has 126 valence electrons. The highest BCUT2D eigenvalue weighted by atomic mass is 19.1. The van der Waals surface area contributed by atoms with Gasteiger partial charge >= 0.3 is 0 Å². The Morgan fingerprint density at radius 2 is 2.00 bits per heavy atom. The Morgan fingerprint density at radius 3 is 2.74 bits per heavy atom. The number of hydrogen-bond acceptors (Lipinski definition) is 2. The van der Waals surface area contributed by atoms with Gasteiger partial charge in [0.05, 0.1) is 5.60 Å². The Hall–Kier alpha value is -0.960. The van der Waals surface area contributed by atoms with Gasteiger partial charge in [0.2, 0.25) is 0 Å². The molecule has 0 bridgehead atoms. The van der Waals surface area contributed by atoms with E-state index in [9.17, 15) is 14.3 Å². The fourth-order valence-corrected chi connectivity index (χ4v) is 6.11. The minimum Gasteiger partial charge on any atom is -0.390 e. The van der Waals surface area contributed by atoms with Crippen LogP contribution in [0.2, 0.25) is 0 Å². The van der Waals surface area contributed by atoms with Crippen LogP contribution in [0.1, 0.15) is 59.3 Å². The number of hydrogen-bond donors (Lipinski definition) is 1. The van der Waals surface area contributed by atoms with E-state index in [2.05, 4.69) is 19.9 Å². The van der Waals surface area contributed by atoms with Crippen LogP contribution >= 0.6 is 0 Å². The molecule has 2 nitrogen and oxygen atoms in total. The molecule has 0 heterocycles. The van der Waals surface area contributed by atoms with Gasteiger partial charge in [-0.15, -0.1) is 0 Å². The lowest BCUT2D eigenvalue weighted by Gasteiger charge is -2.54. The zero-order valence-corrected chi connectivity index (χ0v) is 14.4. The summed E-state index contributed by atoms with van der Waals surface area (Å²) in [7, 11) is 0. The van der Waals surface area contributed by atoms with E-state index in [0.717, 1.165) is 37.7 Å². The molecule has 0 aromatic carbocycles. The second-order valence-corrected chi connectivity index (χ2v) is 8.92. The first-order valence-corrected chi connectivity index (χ1v) is 9.01. The van der Waals surface area contributed by atoms with Crippen molar-refractivity contribution in [1.29, 1.82) is 0 Å². The number of carbonyl (C=O) groups excluding carboxylic acids is 1. The maximum Gasteiger partial charge on any atom is 0.189 e. The quantitative estimate of drug-likeness (QED) is 0.682. The molecule has 4 rings (SSSR count). The largest absolute Gasteiger partial charge is 0.390 e. The fraction of sp³-hybridized carbons (Fsp3) is 0.750. The van der Waals surface area contributed by atoms with Gasteiger partial charge in [0.15, 0.2) is 12.0 Å². The molecule has 0 aromatic rings. The third-order valence-corrected chi connectivity index (χ3v) is 7.91. The molecule has 2 fully saturated rings. The Morgan fingerprint density at radius 1 is 1.26 bits per heavy atom. The summed E-state index contributed by atoms with van der Waals surface area (Å²) >= 11 is 0. The predicted molar refractivity (Wildman–Crippen MR) is 87.6 cm³/mol. The zero-order valence-electron chi connectivity index (χ0n) is 14.4. The Balaban J connectivity index is 1.78. The molecule has 2 saturated carbocycles. The first kappa shape index (κ1) is 15.6. The molecule has 0 amide bonds. The molecule has 0 aromatic heterocycles. The van der Waals surface area contributed by atoms with Crippen molar-refractivity contribution < 1.29 is 14.3 Å². The van der Waals surface area contributed by atoms with Gasteiger partial charge in [-0.3, -0.25) is 4.79 Å². The van der Waals surface area contributed by atoms with Crippen LogP contribution < -0.4 is 0 Å². The van der Waals surface area contributed by atoms with Crippen molar-refractivity contribution >= 4 is 5.78 Å². The van der Waals surface area contributed by atoms with Gasteiger partial charge in [0.25, 0.3) is 0 Å². The van der Waals surface area contributed by atoms with Gasteiger partial charge in [-0.05, 0) is 63.4 Å². The minimum absolute atomic E-state index is 0.0711. The molecule has 0 spiro atoms. The third-order valence-electron chi connectivity index (χ3n) is 7.91. The van der Waals surface area contributed by atoms with Crippen molar-refractivity contribution in [1.82, 2.24) is 0 Å². The molecule has 23 heavy (non-hydrogen) atoms. The summed E-state index contributed by atoms with van der Waals surface area (Å²) in [6.07, 6.45) is 7.53. The van der Waals surface area contributed by atoms with E-state index >= 15 is 0 Å². The number of carbonyl (C=O) groups is 1. The van der Waals surface area contributed by atoms with Crippen molar-refractivity contribution in [2.75, 3.05) is 0 Å². The van der Waals surface area contributed by atoms with Crippen molar-refractivity contribution in [2.24, 2.45) is 22.7 Å². The number of allylic oxidation sites excluding steroid dienone is 4. The molecule has 4 aliphatic rings. The zero-order chi connectivity index (χ0) is 16.6. The van der Waals surface area contributed by atoms with E-state index < -0.39 is 11.8 Å². The first-order chi connectivity index (χ1) is 10.7. The highest BCUT2D eigenvalue weighted by Gasteiger charge is 2.60. The SMILES string of the molecule is C[C@]12C[C@@H](F)C(=O)C=C1CC[C@@H]1C2=CC[C@]2(C)[C@H]1CC[C@]2(C)O. The minimum atomic E-state index is -1.36. The normalized spacial score (nSPS) is 52.2. The molecule has 3 heteroatoms. The molecule has 0 unspecified atom stereocenters. The number of fused-ring (bicyclic) bond motifs is 5. The topological polar surface area (TPSA) is 37.3 Å². The van der Waals surface area contributed by atoms with Gasteiger partial charge in [-0.25, -0.2) is 4.39 Å².